The number of hydrogen-bond acceptors (Lipinski definition) is 14. The lowest BCUT2D eigenvalue weighted by atomic mass is 9.58. The van der Waals surface area contributed by atoms with E-state index in [-0.39, 0.29) is 13.4 Å². The molecule has 4 aliphatic rings. The van der Waals surface area contributed by atoms with Crippen LogP contribution in [-0.4, -0.2) is 115 Å². The highest BCUT2D eigenvalue weighted by Gasteiger charge is 2.80. The van der Waals surface area contributed by atoms with Gasteiger partial charge in [0.2, 0.25) is 5.96 Å². The quantitative estimate of drug-likeness (QED) is 0.129. The minimum Gasteiger partial charge on any atom is -0.457 e. The number of fused-ring (bicyclic) bond motifs is 6. The fourth-order valence-corrected chi connectivity index (χ4v) is 6.26. The Labute approximate surface area is 262 Å². The van der Waals surface area contributed by atoms with Crippen LogP contribution in [0.4, 0.5) is 9.59 Å². The Morgan fingerprint density at radius 2 is 1.49 bits per heavy atom. The average molecular weight is 646 g/mol. The zero-order valence-corrected chi connectivity index (χ0v) is 27.8. The van der Waals surface area contributed by atoms with Gasteiger partial charge in [-0.3, -0.25) is 10.6 Å². The van der Waals surface area contributed by atoms with Gasteiger partial charge in [-0.25, -0.2) is 19.4 Å². The van der Waals surface area contributed by atoms with Crippen molar-refractivity contribution >= 4 is 24.1 Å². The van der Waals surface area contributed by atoms with E-state index in [1.807, 2.05) is 0 Å². The molecule has 2 bridgehead atoms. The predicted molar refractivity (Wildman–Crippen MR) is 154 cm³/mol. The third-order valence-corrected chi connectivity index (χ3v) is 7.53. The van der Waals surface area contributed by atoms with Gasteiger partial charge in [0.1, 0.15) is 41.8 Å². The summed E-state index contributed by atoms with van der Waals surface area (Å²) in [4.78, 5) is 44.7. The van der Waals surface area contributed by atoms with Crippen molar-refractivity contribution in [1.82, 2.24) is 10.6 Å². The van der Waals surface area contributed by atoms with Crippen LogP contribution in [0.1, 0.15) is 69.2 Å². The SMILES string of the molecule is COCO[C@@H]1C(=O)OC2C(CO)[C@@]1(N=C(NC(=O)OC(C)(C)C)NC(=O)OC(C)(C)C)C1OC(C)(C)OC1[C@]21COC(C)(C)O1. The van der Waals surface area contributed by atoms with E-state index in [2.05, 4.69) is 10.6 Å². The van der Waals surface area contributed by atoms with E-state index in [9.17, 15) is 19.5 Å². The van der Waals surface area contributed by atoms with Crippen molar-refractivity contribution in [3.8, 4) is 0 Å². The Kier molecular flexibility index (Phi) is 9.31. The minimum atomic E-state index is -1.91. The first kappa shape index (κ1) is 35.3. The van der Waals surface area contributed by atoms with Crippen LogP contribution in [0.15, 0.2) is 4.99 Å². The fraction of sp³-hybridized carbons (Fsp3) is 0.862. The molecule has 4 rings (SSSR count). The summed E-state index contributed by atoms with van der Waals surface area (Å²) < 4.78 is 53.1. The molecule has 4 unspecified atom stereocenters. The number of aliphatic hydroxyl groups excluding tert-OH is 1. The smallest absolute Gasteiger partial charge is 0.414 e. The second kappa shape index (κ2) is 11.9. The zero-order chi connectivity index (χ0) is 33.8. The van der Waals surface area contributed by atoms with Crippen molar-refractivity contribution in [2.75, 3.05) is 27.1 Å². The van der Waals surface area contributed by atoms with Gasteiger partial charge in [0.05, 0.1) is 19.1 Å². The van der Waals surface area contributed by atoms with Crippen LogP contribution in [0.3, 0.4) is 0 Å². The van der Waals surface area contributed by atoms with Gasteiger partial charge >= 0.3 is 18.2 Å². The monoisotopic (exact) mass is 645 g/mol. The summed E-state index contributed by atoms with van der Waals surface area (Å²) in [5.74, 6) is -4.82. The molecule has 0 aromatic carbocycles. The minimum absolute atomic E-state index is 0.0718. The lowest BCUT2D eigenvalue weighted by Gasteiger charge is -2.59. The maximum Gasteiger partial charge on any atom is 0.414 e. The Hall–Kier alpha value is -2.60. The predicted octanol–water partition coefficient (Wildman–Crippen LogP) is 1.71. The number of aliphatic hydroxyl groups is 1. The van der Waals surface area contributed by atoms with Crippen molar-refractivity contribution in [3.63, 3.8) is 0 Å². The van der Waals surface area contributed by atoms with Crippen LogP contribution in [0.25, 0.3) is 0 Å². The van der Waals surface area contributed by atoms with Gasteiger partial charge in [-0.15, -0.1) is 0 Å². The molecule has 16 nitrogen and oxygen atoms in total. The van der Waals surface area contributed by atoms with Crippen molar-refractivity contribution in [2.45, 2.75) is 128 Å². The number of ether oxygens (including phenoxy) is 9. The van der Waals surface area contributed by atoms with E-state index in [4.69, 9.17) is 47.6 Å². The van der Waals surface area contributed by atoms with Crippen LogP contribution >= 0.6 is 0 Å². The van der Waals surface area contributed by atoms with E-state index < -0.39 is 95.0 Å². The first-order valence-electron chi connectivity index (χ1n) is 14.8. The summed E-state index contributed by atoms with van der Waals surface area (Å²) >= 11 is 0. The van der Waals surface area contributed by atoms with Gasteiger partial charge in [-0.2, -0.15) is 0 Å². The Bertz CT molecular complexity index is 1160. The molecular formula is C29H47N3O13. The van der Waals surface area contributed by atoms with E-state index in [0.29, 0.717) is 0 Å². The number of amides is 2. The maximum atomic E-state index is 13.9. The van der Waals surface area contributed by atoms with Gasteiger partial charge in [0, 0.05) is 7.11 Å². The van der Waals surface area contributed by atoms with Gasteiger partial charge in [-0.05, 0) is 69.2 Å². The number of methoxy groups -OCH3 is 1. The van der Waals surface area contributed by atoms with Gasteiger partial charge in [-0.1, -0.05) is 0 Å². The van der Waals surface area contributed by atoms with Crippen LogP contribution in [0.2, 0.25) is 0 Å². The van der Waals surface area contributed by atoms with Gasteiger partial charge in [0.15, 0.2) is 23.3 Å². The Balaban J connectivity index is 1.95. The molecule has 0 aromatic heterocycles. The van der Waals surface area contributed by atoms with E-state index in [0.717, 1.165) is 0 Å². The lowest BCUT2D eigenvalue weighted by molar-refractivity contribution is -0.293. The summed E-state index contributed by atoms with van der Waals surface area (Å²) in [6, 6.07) is 0. The second-order valence-corrected chi connectivity index (χ2v) is 14.4. The number of guanidine groups is 1. The number of hydrogen-bond donors (Lipinski definition) is 3. The summed E-state index contributed by atoms with van der Waals surface area (Å²) in [6.45, 7) is 15.6. The highest BCUT2D eigenvalue weighted by atomic mass is 16.8. The molecule has 1 saturated carbocycles. The molecule has 1 spiro atoms. The molecular weight excluding hydrogens is 598 g/mol. The zero-order valence-electron chi connectivity index (χ0n) is 27.8. The molecule has 3 N–H and O–H groups in total. The number of rotatable bonds is 5. The first-order chi connectivity index (χ1) is 20.6. The molecule has 0 aromatic rings. The van der Waals surface area contributed by atoms with E-state index in [1.54, 1.807) is 69.2 Å². The third-order valence-electron chi connectivity index (χ3n) is 7.53. The van der Waals surface area contributed by atoms with Crippen LogP contribution in [0.5, 0.6) is 0 Å². The number of carbonyl (C=O) groups is 3. The fourth-order valence-electron chi connectivity index (χ4n) is 6.26. The lowest BCUT2D eigenvalue weighted by Crippen LogP contribution is -2.81. The first-order valence-corrected chi connectivity index (χ1v) is 14.8. The summed E-state index contributed by atoms with van der Waals surface area (Å²) in [5, 5.41) is 15.9. The van der Waals surface area contributed by atoms with Crippen LogP contribution < -0.4 is 10.6 Å². The molecule has 4 fully saturated rings. The molecule has 0 radical (unpaired) electrons. The topological polar surface area (TPSA) is 191 Å². The molecule has 45 heavy (non-hydrogen) atoms. The number of nitrogens with zero attached hydrogens (tertiary/aromatic N) is 1. The molecule has 3 saturated heterocycles. The Morgan fingerprint density at radius 1 is 0.933 bits per heavy atom. The number of alkyl carbamates (subject to hydrolysis) is 2. The summed E-state index contributed by atoms with van der Waals surface area (Å²) in [7, 11) is 1.36. The molecule has 7 atom stereocenters. The number of nitrogens with one attached hydrogen (secondary N) is 2. The highest BCUT2D eigenvalue weighted by molar-refractivity contribution is 6.02. The maximum absolute atomic E-state index is 13.9. The molecule has 256 valence electrons. The number of esters is 1. The van der Waals surface area contributed by atoms with Crippen LogP contribution in [-0.2, 0) is 47.4 Å². The molecule has 3 aliphatic heterocycles. The number of carbonyl (C=O) groups excluding carboxylic acids is 3. The normalized spacial score (nSPS) is 34.8. The molecule has 2 amide bonds. The third kappa shape index (κ3) is 7.06. The standard InChI is InChI=1S/C29H47N3O13/c1-24(2,3)43-22(35)30-21(31-23(36)44-25(4,5)6)32-29-15(12-33)16(40-20(34)19(29)38-14-37-11)28(13-39-26(7,8)45-28)17-18(29)42-27(9,10)41-17/h15-19,33H,12-14H2,1-11H3,(H2,30,31,32,35,36)/t15?,16?,17?,18?,19-,28+,29-/m1/s1. The second-order valence-electron chi connectivity index (χ2n) is 14.4. The summed E-state index contributed by atoms with van der Waals surface area (Å²) in [5.41, 5.74) is -5.18. The average Bonchev–Trinajstić information content (AvgIpc) is 3.36. The van der Waals surface area contributed by atoms with Gasteiger partial charge in [0.25, 0.3) is 0 Å². The molecule has 16 heteroatoms. The number of aliphatic imine (C=N–C) groups is 1. The molecule has 1 aliphatic carbocycles. The Morgan fingerprint density at radius 3 is 1.96 bits per heavy atom. The van der Waals surface area contributed by atoms with Crippen molar-refractivity contribution < 1.29 is 62.1 Å². The van der Waals surface area contributed by atoms with Crippen LogP contribution in [0, 0.1) is 5.92 Å². The van der Waals surface area contributed by atoms with Gasteiger partial charge < -0.3 is 47.7 Å². The summed E-state index contributed by atoms with van der Waals surface area (Å²) in [6.07, 6.45) is -6.92. The van der Waals surface area contributed by atoms with E-state index in [1.165, 1.54) is 7.11 Å². The highest BCUT2D eigenvalue weighted by Crippen LogP contribution is 2.59. The van der Waals surface area contributed by atoms with E-state index >= 15 is 0 Å². The molecule has 3 heterocycles. The largest absolute Gasteiger partial charge is 0.457 e. The van der Waals surface area contributed by atoms with Crippen molar-refractivity contribution in [3.05, 3.63) is 0 Å². The van der Waals surface area contributed by atoms with Crippen molar-refractivity contribution in [2.24, 2.45) is 10.9 Å². The van der Waals surface area contributed by atoms with Crippen molar-refractivity contribution in [1.29, 1.82) is 0 Å².